The van der Waals surface area contributed by atoms with Gasteiger partial charge < -0.3 is 156 Å². The molecule has 8 atom stereocenters. The van der Waals surface area contributed by atoms with E-state index < -0.39 is 168 Å². The summed E-state index contributed by atoms with van der Waals surface area (Å²) in [5, 5.41) is 19.8. The van der Waals surface area contributed by atoms with Gasteiger partial charge in [0.1, 0.15) is 9.76 Å². The molecule has 0 radical (unpaired) electrons. The van der Waals surface area contributed by atoms with E-state index in [0.29, 0.717) is 0 Å². The summed E-state index contributed by atoms with van der Waals surface area (Å²) in [5.74, 6) is 0. The Morgan fingerprint density at radius 3 is 0.761 bits per heavy atom. The maximum absolute atomic E-state index is 14.6. The van der Waals surface area contributed by atoms with Crippen molar-refractivity contribution in [1.82, 2.24) is 0 Å². The lowest BCUT2D eigenvalue weighted by Crippen LogP contribution is -2.88. The molecule has 4 aliphatic heterocycles. The topological polar surface area (TPSA) is 365 Å². The van der Waals surface area contributed by atoms with Crippen molar-refractivity contribution < 1.29 is 156 Å². The third-order valence-corrected chi connectivity index (χ3v) is 83.3. The molecule has 6 bridgehead atoms. The lowest BCUT2D eigenvalue weighted by molar-refractivity contribution is -0.105. The molecule has 0 amide bonds. The number of fused-ring (bicyclic) bond motifs is 4. The van der Waals surface area contributed by atoms with Crippen molar-refractivity contribution >= 4 is 168 Å². The van der Waals surface area contributed by atoms with Crippen LogP contribution in [0.2, 0.25) is 146 Å². The summed E-state index contributed by atoms with van der Waals surface area (Å²) in [6.45, 7) is 50.2. The van der Waals surface area contributed by atoms with Crippen LogP contribution in [-0.4, -0.2) is 309 Å². The normalized spacial score (nSPS) is 26.7. The van der Waals surface area contributed by atoms with Crippen LogP contribution < -0.4 is 0 Å². The molecule has 4 heterocycles. The first-order chi connectivity index (χ1) is 51.0. The minimum atomic E-state index is -5.97. The highest BCUT2D eigenvalue weighted by Crippen LogP contribution is 2.51. The molecule has 648 valence electrons. The van der Waals surface area contributed by atoms with Crippen LogP contribution in [-0.2, 0) is 141 Å². The highest BCUT2D eigenvalue weighted by Gasteiger charge is 2.88. The Balaban J connectivity index is 2.51. The fourth-order valence-corrected chi connectivity index (χ4v) is 91.9. The van der Waals surface area contributed by atoms with Crippen LogP contribution >= 0.6 is 0 Å². The molecule has 4 saturated heterocycles. The Hall–Kier alpha value is 2.68. The fraction of sp³-hybridized carbons (Fsp3) is 1.00. The van der Waals surface area contributed by atoms with Crippen LogP contribution in [0.4, 0.5) is 0 Å². The van der Waals surface area contributed by atoms with Crippen molar-refractivity contribution in [3.63, 3.8) is 0 Å². The first-order valence-electron chi connectivity index (χ1n) is 38.8. The summed E-state index contributed by atoms with van der Waals surface area (Å²) >= 11 is 0. The van der Waals surface area contributed by atoms with Crippen LogP contribution in [0, 0.1) is 0 Å². The number of aliphatic hydroxyl groups excluding tert-OH is 2. The SMILES string of the molecule is CCO[Si](CC[Si](C)(C)O[Si]12O[SiH](O[SiH2]C)O[Si]3(OC)O[Si]4(O[Si](C)(C)CCOCCO)O[Si](O)(O[Si](C)(C)CCOCCO)O[Si](O[Si](C)(C)CC[Si](OCC)(OCC)OCC)(O1)O[Si](O[Si](C)(C)CC[Si](OCC)(OCC)OCC)(O4)O[Si](O[Si](C)(C)CC[Si](OCC)(OCC)OCC)(O3)O2)(OCC)OCC. The van der Waals surface area contributed by atoms with E-state index in [1.54, 1.807) is 0 Å². The van der Waals surface area contributed by atoms with Crippen molar-refractivity contribution in [1.29, 1.82) is 0 Å². The van der Waals surface area contributed by atoms with Gasteiger partial charge >= 0.3 is 108 Å². The maximum Gasteiger partial charge on any atom is 0.660 e. The van der Waals surface area contributed by atoms with Gasteiger partial charge in [0, 0.05) is 124 Å². The molecule has 0 spiro atoms. The minimum absolute atomic E-state index is 0.00736. The number of ether oxygens (including phenoxy) is 2. The number of aliphatic hydroxyl groups is 2. The first-order valence-corrected chi connectivity index (χ1v) is 80.1. The Kier molecular flexibility index (Phi) is 44.1. The van der Waals surface area contributed by atoms with Crippen molar-refractivity contribution in [2.45, 2.75) is 229 Å². The van der Waals surface area contributed by atoms with Crippen molar-refractivity contribution in [2.75, 3.05) is 126 Å². The van der Waals surface area contributed by atoms with Gasteiger partial charge in [-0.1, -0.05) is 6.55 Å². The average Bonchev–Trinajstić information content (AvgIpc) is 0.695. The molecule has 0 saturated carbocycles. The van der Waals surface area contributed by atoms with Crippen molar-refractivity contribution in [3.8, 4) is 0 Å². The summed E-state index contributed by atoms with van der Waals surface area (Å²) in [6.07, 6.45) is 0. The summed E-state index contributed by atoms with van der Waals surface area (Å²) in [5.41, 5.74) is 0. The van der Waals surface area contributed by atoms with Gasteiger partial charge in [0.15, 0.2) is 49.9 Å². The largest absolute Gasteiger partial charge is 0.660 e. The van der Waals surface area contributed by atoms with Gasteiger partial charge in [-0.25, -0.2) is 0 Å². The lowest BCUT2D eigenvalue weighted by atomic mass is 10.7. The third kappa shape index (κ3) is 33.1. The molecule has 0 aromatic carbocycles. The van der Waals surface area contributed by atoms with Crippen LogP contribution in [0.5, 0.6) is 0 Å². The molecule has 0 aliphatic carbocycles. The lowest BCUT2D eigenvalue weighted by Gasteiger charge is -2.57. The second-order valence-electron chi connectivity index (χ2n) is 28.9. The van der Waals surface area contributed by atoms with Crippen LogP contribution in [0.1, 0.15) is 83.1 Å². The molecular weight excluding hydrogens is 1760 g/mol. The highest BCUT2D eigenvalue weighted by atomic mass is 28.7. The van der Waals surface area contributed by atoms with Crippen molar-refractivity contribution in [3.05, 3.63) is 0 Å². The van der Waals surface area contributed by atoms with E-state index in [4.69, 9.17) is 141 Å². The molecule has 4 aliphatic rings. The third-order valence-electron chi connectivity index (χ3n) is 16.4. The molecule has 3 N–H and O–H groups in total. The summed E-state index contributed by atoms with van der Waals surface area (Å²) in [6, 6.07) is 2.18. The molecule has 8 unspecified atom stereocenters. The van der Waals surface area contributed by atoms with E-state index in [0.717, 1.165) is 0 Å². The predicted octanol–water partition coefficient (Wildman–Crippen LogP) is 7.32. The Labute approximate surface area is 673 Å². The van der Waals surface area contributed by atoms with Gasteiger partial charge in [0.25, 0.3) is 0 Å². The van der Waals surface area contributed by atoms with E-state index in [1.165, 1.54) is 7.11 Å². The highest BCUT2D eigenvalue weighted by molar-refractivity contribution is 7.01. The monoisotopic (exact) mass is 1900 g/mol. The van der Waals surface area contributed by atoms with E-state index in [9.17, 15) is 15.0 Å². The van der Waals surface area contributed by atoms with E-state index in [2.05, 4.69) is 0 Å². The number of hydrogen-bond donors (Lipinski definition) is 3. The Bertz CT molecular complexity index is 2530. The van der Waals surface area contributed by atoms with Gasteiger partial charge in [-0.2, -0.15) is 0 Å². The Morgan fingerprint density at radius 1 is 0.294 bits per heavy atom. The van der Waals surface area contributed by atoms with E-state index in [1.807, 2.05) is 168 Å². The van der Waals surface area contributed by atoms with Crippen molar-refractivity contribution in [2.24, 2.45) is 0 Å². The smallest absolute Gasteiger partial charge is 0.425 e. The molecule has 36 nitrogen and oxygen atoms in total. The second-order valence-corrected chi connectivity index (χ2v) is 88.0. The fourth-order valence-electron chi connectivity index (χ4n) is 11.9. The zero-order chi connectivity index (χ0) is 81.9. The zero-order valence-corrected chi connectivity index (χ0v) is 90.0. The molecule has 0 aromatic heterocycles. The van der Waals surface area contributed by atoms with Gasteiger partial charge in [-0.3, -0.25) is 0 Å². The molecule has 109 heavy (non-hydrogen) atoms. The summed E-state index contributed by atoms with van der Waals surface area (Å²) in [7, 11) is -80.7. The van der Waals surface area contributed by atoms with Gasteiger partial charge in [-0.05, 0) is 198 Å². The quantitative estimate of drug-likeness (QED) is 0.0396. The summed E-state index contributed by atoms with van der Waals surface area (Å²) < 4.78 is 235. The van der Waals surface area contributed by atoms with Gasteiger partial charge in [0.2, 0.25) is 0 Å². The second kappa shape index (κ2) is 46.2. The zero-order valence-electron chi connectivity index (χ0n) is 70.4. The van der Waals surface area contributed by atoms with Crippen LogP contribution in [0.25, 0.3) is 0 Å². The number of hydrogen-bond acceptors (Lipinski definition) is 36. The molecule has 4 rings (SSSR count). The first kappa shape index (κ1) is 104. The summed E-state index contributed by atoms with van der Waals surface area (Å²) in [4.78, 5) is 14.6. The molecule has 4 fully saturated rings. The maximum atomic E-state index is 14.6. The Morgan fingerprint density at radius 2 is 0.514 bits per heavy atom. The van der Waals surface area contributed by atoms with Gasteiger partial charge in [0.05, 0.1) is 26.4 Å². The van der Waals surface area contributed by atoms with E-state index >= 15 is 0 Å². The van der Waals surface area contributed by atoms with Gasteiger partial charge in [-0.15, -0.1) is 0 Å². The molecule has 55 heteroatoms. The molecular formula is C54H140O36Si19. The minimum Gasteiger partial charge on any atom is -0.425 e. The van der Waals surface area contributed by atoms with Crippen LogP contribution in [0.3, 0.4) is 0 Å². The standard InChI is InChI=1S/C54H140O36Si19/c1-27-61-99(62-28-2,63-29-3)51-47-95(19,20)77-105-75-92(73-91-14)74-104(58-13)84-106(78-94(17,18)46-44-60-42-40-56)82-103(57,76-93(15,16)45-43-59-41-39-55)83-107(86-105,79-96(21,22)48-52-100(64-30-4,65-31-5)66-32-6)89-109(88-106,81-98(25,26)50-54-102(70-36-10,71-37-11)72-38-12)90-108(85-104,87-105)80-97(23,24)49-53-101(67-33-7,68-34-8)69-35-9/h55-57,92H,27-54,91H2,1-26H3. The predicted molar refractivity (Wildman–Crippen MR) is 442 cm³/mol. The van der Waals surface area contributed by atoms with E-state index in [-0.39, 0.29) is 179 Å². The average molecular weight is 1900 g/mol. The molecule has 0 aromatic rings. The number of rotatable bonds is 61. The van der Waals surface area contributed by atoms with Crippen LogP contribution in [0.15, 0.2) is 0 Å².